The van der Waals surface area contributed by atoms with E-state index in [1.54, 1.807) is 11.8 Å². The highest BCUT2D eigenvalue weighted by molar-refractivity contribution is 8.00. The Morgan fingerprint density at radius 1 is 1.26 bits per heavy atom. The van der Waals surface area contributed by atoms with Gasteiger partial charge in [-0.05, 0) is 12.1 Å². The first-order valence-corrected chi connectivity index (χ1v) is 6.93. The molecule has 0 fully saturated rings. The summed E-state index contributed by atoms with van der Waals surface area (Å²) < 4.78 is 0. The number of hydrogen-bond acceptors (Lipinski definition) is 4. The number of anilines is 1. The predicted molar refractivity (Wildman–Crippen MR) is 78.1 cm³/mol. The van der Waals surface area contributed by atoms with Gasteiger partial charge in [0.1, 0.15) is 0 Å². The van der Waals surface area contributed by atoms with Crippen LogP contribution < -0.4 is 16.4 Å². The Balaban J connectivity index is 2.61. The molecule has 0 saturated heterocycles. The maximum absolute atomic E-state index is 11.7. The van der Waals surface area contributed by atoms with Gasteiger partial charge in [0, 0.05) is 10.1 Å². The van der Waals surface area contributed by atoms with Gasteiger partial charge in [-0.2, -0.15) is 0 Å². The fourth-order valence-corrected chi connectivity index (χ4v) is 2.28. The second-order valence-corrected chi connectivity index (χ2v) is 5.81. The zero-order valence-corrected chi connectivity index (χ0v) is 11.9. The molecule has 6 heteroatoms. The van der Waals surface area contributed by atoms with Crippen molar-refractivity contribution in [2.24, 2.45) is 5.73 Å². The molecule has 1 aromatic rings. The van der Waals surface area contributed by atoms with Gasteiger partial charge in [-0.15, -0.1) is 11.8 Å². The molecule has 0 unspecified atom stereocenters. The molecule has 0 radical (unpaired) electrons. The van der Waals surface area contributed by atoms with Crippen LogP contribution in [-0.4, -0.2) is 30.2 Å². The van der Waals surface area contributed by atoms with Gasteiger partial charge in [0.25, 0.3) is 0 Å². The molecule has 0 spiro atoms. The lowest BCUT2D eigenvalue weighted by molar-refractivity contribution is -0.123. The number of benzene rings is 1. The minimum atomic E-state index is -0.347. The van der Waals surface area contributed by atoms with Crippen LogP contribution in [0.1, 0.15) is 13.8 Å². The van der Waals surface area contributed by atoms with Gasteiger partial charge >= 0.3 is 0 Å². The third-order valence-corrected chi connectivity index (χ3v) is 3.24. The molecule has 5 nitrogen and oxygen atoms in total. The fourth-order valence-electron chi connectivity index (χ4n) is 1.37. The van der Waals surface area contributed by atoms with Crippen molar-refractivity contribution in [1.82, 2.24) is 5.32 Å². The number of para-hydroxylation sites is 1. The summed E-state index contributed by atoms with van der Waals surface area (Å²) in [5, 5.41) is 5.64. The summed E-state index contributed by atoms with van der Waals surface area (Å²) in [6.07, 6.45) is 0. The molecule has 2 amide bonds. The molecular formula is C13H19N3O2S. The van der Waals surface area contributed by atoms with Gasteiger partial charge in [0.2, 0.25) is 11.8 Å². The van der Waals surface area contributed by atoms with Crippen LogP contribution in [0.3, 0.4) is 0 Å². The molecule has 0 atom stereocenters. The second-order valence-electron chi connectivity index (χ2n) is 4.19. The number of hydrogen-bond donors (Lipinski definition) is 3. The van der Waals surface area contributed by atoms with E-state index in [-0.39, 0.29) is 24.9 Å². The topological polar surface area (TPSA) is 84.2 Å². The molecule has 0 aliphatic heterocycles. The molecule has 1 rings (SSSR count). The third-order valence-electron chi connectivity index (χ3n) is 2.16. The number of nitrogens with two attached hydrogens (primary N) is 1. The van der Waals surface area contributed by atoms with Crippen molar-refractivity contribution in [3.8, 4) is 0 Å². The maximum atomic E-state index is 11.7. The van der Waals surface area contributed by atoms with Crippen LogP contribution in [0.15, 0.2) is 29.2 Å². The fraction of sp³-hybridized carbons (Fsp3) is 0.385. The maximum Gasteiger partial charge on any atom is 0.243 e. The van der Waals surface area contributed by atoms with Crippen LogP contribution in [-0.2, 0) is 9.59 Å². The van der Waals surface area contributed by atoms with E-state index in [9.17, 15) is 9.59 Å². The average molecular weight is 281 g/mol. The number of carbonyl (C=O) groups is 2. The van der Waals surface area contributed by atoms with Gasteiger partial charge in [0.05, 0.1) is 18.8 Å². The van der Waals surface area contributed by atoms with Crippen molar-refractivity contribution in [1.29, 1.82) is 0 Å². The molecule has 0 saturated carbocycles. The Morgan fingerprint density at radius 3 is 2.58 bits per heavy atom. The van der Waals surface area contributed by atoms with Crippen LogP contribution in [0.2, 0.25) is 0 Å². The van der Waals surface area contributed by atoms with E-state index in [0.717, 1.165) is 10.6 Å². The monoisotopic (exact) mass is 281 g/mol. The molecule has 0 aliphatic carbocycles. The number of thioether (sulfide) groups is 1. The van der Waals surface area contributed by atoms with Crippen LogP contribution in [0.5, 0.6) is 0 Å². The first-order valence-electron chi connectivity index (χ1n) is 6.05. The van der Waals surface area contributed by atoms with Crippen molar-refractivity contribution in [2.45, 2.75) is 24.0 Å². The van der Waals surface area contributed by atoms with Crippen molar-refractivity contribution in [2.75, 3.05) is 18.4 Å². The summed E-state index contributed by atoms with van der Waals surface area (Å²) in [6, 6.07) is 7.58. The largest absolute Gasteiger partial charge is 0.346 e. The van der Waals surface area contributed by atoms with Gasteiger partial charge in [-0.3, -0.25) is 9.59 Å². The lowest BCUT2D eigenvalue weighted by atomic mass is 10.3. The second kappa shape index (κ2) is 7.81. The summed E-state index contributed by atoms with van der Waals surface area (Å²) in [4.78, 5) is 23.7. The van der Waals surface area contributed by atoms with Crippen LogP contribution in [0.25, 0.3) is 0 Å². The zero-order valence-electron chi connectivity index (χ0n) is 11.1. The smallest absolute Gasteiger partial charge is 0.243 e. The Bertz CT molecular complexity index is 449. The molecule has 0 aliphatic rings. The Morgan fingerprint density at radius 2 is 1.95 bits per heavy atom. The van der Waals surface area contributed by atoms with Crippen LogP contribution in [0.4, 0.5) is 5.69 Å². The van der Waals surface area contributed by atoms with E-state index in [1.165, 1.54) is 0 Å². The summed E-state index contributed by atoms with van der Waals surface area (Å²) in [7, 11) is 0. The van der Waals surface area contributed by atoms with Gasteiger partial charge < -0.3 is 16.4 Å². The first kappa shape index (κ1) is 15.5. The first-order chi connectivity index (χ1) is 9.02. The highest BCUT2D eigenvalue weighted by Crippen LogP contribution is 2.29. The highest BCUT2D eigenvalue weighted by atomic mass is 32.2. The standard InChI is InChI=1S/C13H19N3O2S/c1-9(2)19-11-6-4-3-5-10(11)16-13(18)8-15-12(17)7-14/h3-6,9H,7-8,14H2,1-2H3,(H,15,17)(H,16,18). The highest BCUT2D eigenvalue weighted by Gasteiger charge is 2.09. The van der Waals surface area contributed by atoms with E-state index in [4.69, 9.17) is 5.73 Å². The number of amides is 2. The molecule has 0 heterocycles. The number of carbonyl (C=O) groups excluding carboxylic acids is 2. The minimum Gasteiger partial charge on any atom is -0.346 e. The predicted octanol–water partition coefficient (Wildman–Crippen LogP) is 1.20. The van der Waals surface area contributed by atoms with Crippen molar-refractivity contribution in [3.63, 3.8) is 0 Å². The average Bonchev–Trinajstić information content (AvgIpc) is 2.37. The molecular weight excluding hydrogens is 262 g/mol. The summed E-state index contributed by atoms with van der Waals surface area (Å²) in [5.41, 5.74) is 5.90. The van der Waals surface area contributed by atoms with Crippen LogP contribution in [0, 0.1) is 0 Å². The minimum absolute atomic E-state index is 0.0727. The molecule has 0 aromatic heterocycles. The Labute approximate surface area is 117 Å². The Hall–Kier alpha value is -1.53. The van der Waals surface area contributed by atoms with E-state index in [0.29, 0.717) is 5.25 Å². The van der Waals surface area contributed by atoms with E-state index < -0.39 is 0 Å². The number of nitrogens with one attached hydrogen (secondary N) is 2. The van der Waals surface area contributed by atoms with Crippen molar-refractivity contribution in [3.05, 3.63) is 24.3 Å². The lowest BCUT2D eigenvalue weighted by Gasteiger charge is -2.12. The molecule has 1 aromatic carbocycles. The molecule has 0 bridgehead atoms. The number of rotatable bonds is 6. The lowest BCUT2D eigenvalue weighted by Crippen LogP contribution is -2.36. The summed E-state index contributed by atoms with van der Waals surface area (Å²) >= 11 is 1.67. The zero-order chi connectivity index (χ0) is 14.3. The quantitative estimate of drug-likeness (QED) is 0.684. The normalized spacial score (nSPS) is 10.3. The van der Waals surface area contributed by atoms with Crippen molar-refractivity contribution < 1.29 is 9.59 Å². The SMILES string of the molecule is CC(C)Sc1ccccc1NC(=O)CNC(=O)CN. The summed E-state index contributed by atoms with van der Waals surface area (Å²) in [5.74, 6) is -0.612. The molecule has 4 N–H and O–H groups in total. The van der Waals surface area contributed by atoms with Crippen LogP contribution >= 0.6 is 11.8 Å². The third kappa shape index (κ3) is 5.76. The van der Waals surface area contributed by atoms with E-state index >= 15 is 0 Å². The van der Waals surface area contributed by atoms with Gasteiger partial charge in [-0.25, -0.2) is 0 Å². The Kier molecular flexibility index (Phi) is 6.38. The summed E-state index contributed by atoms with van der Waals surface area (Å²) in [6.45, 7) is 3.99. The van der Waals surface area contributed by atoms with Gasteiger partial charge in [0.15, 0.2) is 0 Å². The molecule has 104 valence electrons. The van der Waals surface area contributed by atoms with Crippen molar-refractivity contribution >= 4 is 29.3 Å². The molecule has 19 heavy (non-hydrogen) atoms. The van der Waals surface area contributed by atoms with E-state index in [1.807, 2.05) is 24.3 Å². The van der Waals surface area contributed by atoms with E-state index in [2.05, 4.69) is 24.5 Å². The van der Waals surface area contributed by atoms with Gasteiger partial charge in [-0.1, -0.05) is 26.0 Å².